The molecule has 132 valence electrons. The number of hydrogen-bond donors (Lipinski definition) is 2. The van der Waals surface area contributed by atoms with E-state index in [1.54, 1.807) is 0 Å². The zero-order valence-corrected chi connectivity index (χ0v) is 14.1. The van der Waals surface area contributed by atoms with Crippen LogP contribution in [0.1, 0.15) is 44.9 Å². The van der Waals surface area contributed by atoms with Crippen molar-refractivity contribution in [3.05, 3.63) is 0 Å². The minimum Gasteiger partial charge on any atom is -0.379 e. The number of morpholine rings is 1. The van der Waals surface area contributed by atoms with E-state index in [-0.39, 0.29) is 0 Å². The number of nitrogens with one attached hydrogen (secondary N) is 2. The van der Waals surface area contributed by atoms with Gasteiger partial charge in [-0.25, -0.2) is 0 Å². The Morgan fingerprint density at radius 3 is 2.30 bits per heavy atom. The number of rotatable bonds is 7. The maximum atomic E-state index is 11.7. The molecule has 0 aromatic rings. The van der Waals surface area contributed by atoms with E-state index in [4.69, 9.17) is 4.74 Å². The topological polar surface area (TPSA) is 70.7 Å². The van der Waals surface area contributed by atoms with Crippen molar-refractivity contribution in [1.29, 1.82) is 0 Å². The molecule has 2 amide bonds. The molecule has 1 saturated carbocycles. The summed E-state index contributed by atoms with van der Waals surface area (Å²) in [7, 11) is 0. The fourth-order valence-electron chi connectivity index (χ4n) is 3.36. The first-order chi connectivity index (χ1) is 11.3. The van der Waals surface area contributed by atoms with Crippen molar-refractivity contribution in [3.63, 3.8) is 0 Å². The molecule has 1 heterocycles. The van der Waals surface area contributed by atoms with Crippen LogP contribution >= 0.6 is 0 Å². The van der Waals surface area contributed by atoms with Gasteiger partial charge < -0.3 is 15.4 Å². The third kappa shape index (κ3) is 7.31. The van der Waals surface area contributed by atoms with Crippen LogP contribution in [0.5, 0.6) is 0 Å². The van der Waals surface area contributed by atoms with E-state index in [1.807, 2.05) is 0 Å². The molecular formula is C17H31N3O3. The highest BCUT2D eigenvalue weighted by Gasteiger charge is 2.16. The standard InChI is InChI=1S/C17H31N3O3/c21-16(18-8-4-10-20-11-13-23-14-12-20)17(22)19-9-7-15-5-2-1-3-6-15/h15H,1-14H2,(H,18,21)(H,19,22). The summed E-state index contributed by atoms with van der Waals surface area (Å²) in [5.41, 5.74) is 0. The summed E-state index contributed by atoms with van der Waals surface area (Å²) in [4.78, 5) is 25.8. The van der Waals surface area contributed by atoms with E-state index < -0.39 is 11.8 Å². The highest BCUT2D eigenvalue weighted by atomic mass is 16.5. The molecule has 0 radical (unpaired) electrons. The van der Waals surface area contributed by atoms with E-state index in [2.05, 4.69) is 15.5 Å². The van der Waals surface area contributed by atoms with Crippen LogP contribution in [-0.2, 0) is 14.3 Å². The van der Waals surface area contributed by atoms with Gasteiger partial charge in [-0.15, -0.1) is 0 Å². The third-order valence-electron chi connectivity index (χ3n) is 4.81. The monoisotopic (exact) mass is 325 g/mol. The zero-order chi connectivity index (χ0) is 16.3. The van der Waals surface area contributed by atoms with E-state index in [0.717, 1.165) is 51.6 Å². The lowest BCUT2D eigenvalue weighted by Gasteiger charge is -2.26. The molecule has 23 heavy (non-hydrogen) atoms. The van der Waals surface area contributed by atoms with Crippen molar-refractivity contribution in [2.75, 3.05) is 45.9 Å². The van der Waals surface area contributed by atoms with Crippen LogP contribution in [0.4, 0.5) is 0 Å². The Morgan fingerprint density at radius 2 is 1.61 bits per heavy atom. The van der Waals surface area contributed by atoms with Crippen molar-refractivity contribution in [3.8, 4) is 0 Å². The molecule has 2 N–H and O–H groups in total. The van der Waals surface area contributed by atoms with Gasteiger partial charge in [0.15, 0.2) is 0 Å². The van der Waals surface area contributed by atoms with Crippen molar-refractivity contribution in [2.45, 2.75) is 44.9 Å². The summed E-state index contributed by atoms with van der Waals surface area (Å²) in [6.45, 7) is 5.58. The summed E-state index contributed by atoms with van der Waals surface area (Å²) in [5.74, 6) is -0.275. The lowest BCUT2D eigenvalue weighted by molar-refractivity contribution is -0.139. The Morgan fingerprint density at radius 1 is 0.957 bits per heavy atom. The fourth-order valence-corrected chi connectivity index (χ4v) is 3.36. The Kier molecular flexibility index (Phi) is 8.39. The molecule has 1 saturated heterocycles. The smallest absolute Gasteiger partial charge is 0.309 e. The molecule has 0 atom stereocenters. The van der Waals surface area contributed by atoms with E-state index in [0.29, 0.717) is 13.1 Å². The maximum absolute atomic E-state index is 11.7. The zero-order valence-electron chi connectivity index (χ0n) is 14.1. The molecule has 2 aliphatic rings. The van der Waals surface area contributed by atoms with Gasteiger partial charge in [-0.3, -0.25) is 14.5 Å². The molecule has 0 aromatic heterocycles. The molecular weight excluding hydrogens is 294 g/mol. The minimum atomic E-state index is -0.504. The van der Waals surface area contributed by atoms with Crippen molar-refractivity contribution in [1.82, 2.24) is 15.5 Å². The van der Waals surface area contributed by atoms with Gasteiger partial charge in [0.25, 0.3) is 0 Å². The molecule has 1 aliphatic carbocycles. The van der Waals surface area contributed by atoms with E-state index >= 15 is 0 Å². The van der Waals surface area contributed by atoms with Gasteiger partial charge in [0.2, 0.25) is 0 Å². The normalized spacial score (nSPS) is 20.2. The van der Waals surface area contributed by atoms with Gasteiger partial charge >= 0.3 is 11.8 Å². The van der Waals surface area contributed by atoms with Crippen molar-refractivity contribution >= 4 is 11.8 Å². The summed E-state index contributed by atoms with van der Waals surface area (Å²) in [5, 5.41) is 5.44. The molecule has 0 spiro atoms. The highest BCUT2D eigenvalue weighted by Crippen LogP contribution is 2.25. The molecule has 1 aliphatic heterocycles. The summed E-state index contributed by atoms with van der Waals surface area (Å²) < 4.78 is 5.29. The fraction of sp³-hybridized carbons (Fsp3) is 0.882. The van der Waals surface area contributed by atoms with Gasteiger partial charge in [0.1, 0.15) is 0 Å². The SMILES string of the molecule is O=C(NCCCN1CCOCC1)C(=O)NCCC1CCCCC1. The lowest BCUT2D eigenvalue weighted by Crippen LogP contribution is -2.42. The first-order valence-corrected chi connectivity index (χ1v) is 9.12. The number of ether oxygens (including phenoxy) is 1. The first kappa shape index (κ1) is 18.2. The largest absolute Gasteiger partial charge is 0.379 e. The van der Waals surface area contributed by atoms with Crippen LogP contribution in [0.3, 0.4) is 0 Å². The summed E-state index contributed by atoms with van der Waals surface area (Å²) in [6, 6.07) is 0. The van der Waals surface area contributed by atoms with E-state index in [9.17, 15) is 9.59 Å². The summed E-state index contributed by atoms with van der Waals surface area (Å²) >= 11 is 0. The van der Waals surface area contributed by atoms with Gasteiger partial charge in [0.05, 0.1) is 13.2 Å². The quantitative estimate of drug-likeness (QED) is 0.539. The Hall–Kier alpha value is -1.14. The molecule has 6 heteroatoms. The summed E-state index contributed by atoms with van der Waals surface area (Å²) in [6.07, 6.45) is 8.35. The van der Waals surface area contributed by atoms with Gasteiger partial charge in [0, 0.05) is 26.2 Å². The van der Waals surface area contributed by atoms with Crippen molar-refractivity contribution < 1.29 is 14.3 Å². The van der Waals surface area contributed by atoms with Crippen LogP contribution in [0.25, 0.3) is 0 Å². The van der Waals surface area contributed by atoms with Crippen molar-refractivity contribution in [2.24, 2.45) is 5.92 Å². The van der Waals surface area contributed by atoms with Gasteiger partial charge in [-0.05, 0) is 25.3 Å². The van der Waals surface area contributed by atoms with Crippen LogP contribution in [0.15, 0.2) is 0 Å². The Labute approximate surface area is 139 Å². The third-order valence-corrected chi connectivity index (χ3v) is 4.81. The Balaban J connectivity index is 1.48. The average Bonchev–Trinajstić information content (AvgIpc) is 2.60. The average molecular weight is 325 g/mol. The van der Waals surface area contributed by atoms with Crippen LogP contribution in [-0.4, -0.2) is 62.7 Å². The number of hydrogen-bond acceptors (Lipinski definition) is 4. The number of carbonyl (C=O) groups is 2. The highest BCUT2D eigenvalue weighted by molar-refractivity contribution is 6.35. The lowest BCUT2D eigenvalue weighted by atomic mass is 9.87. The second-order valence-corrected chi connectivity index (χ2v) is 6.61. The minimum absolute atomic E-state index is 0.493. The molecule has 0 bridgehead atoms. The molecule has 6 nitrogen and oxygen atoms in total. The predicted octanol–water partition coefficient (Wildman–Crippen LogP) is 0.912. The number of amides is 2. The van der Waals surface area contributed by atoms with Crippen LogP contribution in [0.2, 0.25) is 0 Å². The molecule has 2 rings (SSSR count). The molecule has 0 aromatic carbocycles. The number of carbonyl (C=O) groups excluding carboxylic acids is 2. The predicted molar refractivity (Wildman–Crippen MR) is 89.1 cm³/mol. The molecule has 0 unspecified atom stereocenters. The Bertz CT molecular complexity index is 364. The van der Waals surface area contributed by atoms with Crippen LogP contribution < -0.4 is 10.6 Å². The van der Waals surface area contributed by atoms with Gasteiger partial charge in [-0.1, -0.05) is 32.1 Å². The number of nitrogens with zero attached hydrogens (tertiary/aromatic N) is 1. The maximum Gasteiger partial charge on any atom is 0.309 e. The van der Waals surface area contributed by atoms with E-state index in [1.165, 1.54) is 32.1 Å². The van der Waals surface area contributed by atoms with Crippen LogP contribution in [0, 0.1) is 5.92 Å². The second kappa shape index (κ2) is 10.6. The molecule has 2 fully saturated rings. The second-order valence-electron chi connectivity index (χ2n) is 6.61. The van der Waals surface area contributed by atoms with Gasteiger partial charge in [-0.2, -0.15) is 0 Å². The first-order valence-electron chi connectivity index (χ1n) is 9.12.